The lowest BCUT2D eigenvalue weighted by Crippen LogP contribution is -2.15. The third-order valence-corrected chi connectivity index (χ3v) is 8.16. The van der Waals surface area contributed by atoms with E-state index < -0.39 is 9.84 Å². The van der Waals surface area contributed by atoms with Gasteiger partial charge in [-0.05, 0) is 50.3 Å². The Labute approximate surface area is 165 Å². The Morgan fingerprint density at radius 2 is 2.12 bits per heavy atom. The van der Waals surface area contributed by atoms with Crippen molar-refractivity contribution in [2.45, 2.75) is 26.7 Å². The Kier molecular flexibility index (Phi) is 6.13. The van der Waals surface area contributed by atoms with Crippen LogP contribution in [0, 0.1) is 0 Å². The number of nitrogens with zero attached hydrogens (tertiary/aromatic N) is 5. The lowest BCUT2D eigenvalue weighted by atomic mass is 10.4. The number of thiophene rings is 1. The van der Waals surface area contributed by atoms with Gasteiger partial charge in [-0.2, -0.15) is 0 Å². The fourth-order valence-corrected chi connectivity index (χ4v) is 5.88. The molecule has 11 heteroatoms. The molecule has 0 saturated heterocycles. The molecule has 0 aliphatic carbocycles. The summed E-state index contributed by atoms with van der Waals surface area (Å²) in [6.07, 6.45) is 3.55. The first-order valence-corrected chi connectivity index (χ1v) is 12.2. The Bertz CT molecular complexity index is 960. The predicted molar refractivity (Wildman–Crippen MR) is 106 cm³/mol. The van der Waals surface area contributed by atoms with Crippen LogP contribution in [0.3, 0.4) is 0 Å². The zero-order valence-electron chi connectivity index (χ0n) is 14.6. The van der Waals surface area contributed by atoms with Crippen LogP contribution in [-0.4, -0.2) is 60.0 Å². The molecule has 7 nitrogen and oxygen atoms in total. The van der Waals surface area contributed by atoms with Gasteiger partial charge in [0, 0.05) is 12.8 Å². The van der Waals surface area contributed by atoms with Crippen LogP contribution in [-0.2, 0) is 16.4 Å². The first kappa shape index (κ1) is 19.5. The topological polar surface area (TPSA) is 81.0 Å². The molecule has 0 fully saturated rings. The van der Waals surface area contributed by atoms with Crippen molar-refractivity contribution in [2.24, 2.45) is 0 Å². The zero-order valence-corrected chi connectivity index (χ0v) is 17.9. The van der Waals surface area contributed by atoms with E-state index in [1.54, 1.807) is 11.3 Å². The number of rotatable bonds is 8. The standard InChI is InChI=1S/C15H19N5O2S4/c1-19(2)7-5-8-20-13(11-6-4-9-23-11)17-18-14(20)25-15-16-10-12(24-15)26(3,21)22/h4,6,9-10H,5,7-8H2,1-3H3. The van der Waals surface area contributed by atoms with Crippen LogP contribution in [0.1, 0.15) is 6.42 Å². The highest BCUT2D eigenvalue weighted by atomic mass is 32.2. The van der Waals surface area contributed by atoms with Gasteiger partial charge in [-0.3, -0.25) is 0 Å². The van der Waals surface area contributed by atoms with Crippen LogP contribution in [0.15, 0.2) is 37.4 Å². The Hall–Kier alpha value is -1.27. The lowest BCUT2D eigenvalue weighted by molar-refractivity contribution is 0.383. The van der Waals surface area contributed by atoms with Crippen molar-refractivity contribution in [3.63, 3.8) is 0 Å². The van der Waals surface area contributed by atoms with Crippen LogP contribution < -0.4 is 0 Å². The molecule has 0 aromatic carbocycles. The summed E-state index contributed by atoms with van der Waals surface area (Å²) in [5, 5.41) is 11.4. The van der Waals surface area contributed by atoms with E-state index >= 15 is 0 Å². The Balaban J connectivity index is 1.87. The van der Waals surface area contributed by atoms with Crippen molar-refractivity contribution in [3.05, 3.63) is 23.7 Å². The second kappa shape index (κ2) is 8.17. The molecule has 0 aliphatic heterocycles. The highest BCUT2D eigenvalue weighted by Crippen LogP contribution is 2.34. The average molecular weight is 430 g/mol. The molecular weight excluding hydrogens is 410 g/mol. The maximum atomic E-state index is 11.7. The van der Waals surface area contributed by atoms with Crippen LogP contribution >= 0.6 is 34.4 Å². The van der Waals surface area contributed by atoms with E-state index in [1.807, 2.05) is 31.6 Å². The summed E-state index contributed by atoms with van der Waals surface area (Å²) in [5.41, 5.74) is 0. The normalized spacial score (nSPS) is 12.2. The van der Waals surface area contributed by atoms with E-state index in [1.165, 1.54) is 24.2 Å². The summed E-state index contributed by atoms with van der Waals surface area (Å²) < 4.78 is 26.3. The van der Waals surface area contributed by atoms with Crippen molar-refractivity contribution >= 4 is 44.3 Å². The van der Waals surface area contributed by atoms with Crippen LogP contribution in [0.5, 0.6) is 0 Å². The van der Waals surface area contributed by atoms with Crippen LogP contribution in [0.4, 0.5) is 0 Å². The molecule has 0 amide bonds. The highest BCUT2D eigenvalue weighted by molar-refractivity contribution is 8.01. The predicted octanol–water partition coefficient (Wildman–Crippen LogP) is 2.97. The quantitative estimate of drug-likeness (QED) is 0.544. The molecule has 0 aliphatic rings. The SMILES string of the molecule is CN(C)CCCn1c(Sc2ncc(S(C)(=O)=O)s2)nnc1-c1cccs1. The van der Waals surface area contributed by atoms with Gasteiger partial charge >= 0.3 is 0 Å². The number of hydrogen-bond donors (Lipinski definition) is 0. The molecule has 0 N–H and O–H groups in total. The number of sulfone groups is 1. The molecule has 3 aromatic rings. The highest BCUT2D eigenvalue weighted by Gasteiger charge is 2.19. The van der Waals surface area contributed by atoms with Gasteiger partial charge in [0.25, 0.3) is 0 Å². The number of hydrogen-bond acceptors (Lipinski definition) is 9. The number of aromatic nitrogens is 4. The molecule has 140 valence electrons. The van der Waals surface area contributed by atoms with E-state index in [0.29, 0.717) is 4.34 Å². The maximum Gasteiger partial charge on any atom is 0.198 e. The first-order chi connectivity index (χ1) is 12.3. The molecule has 0 bridgehead atoms. The molecule has 0 unspecified atom stereocenters. The fraction of sp³-hybridized carbons (Fsp3) is 0.400. The van der Waals surface area contributed by atoms with Crippen LogP contribution in [0.2, 0.25) is 0 Å². The second-order valence-corrected chi connectivity index (χ2v) is 11.3. The smallest absolute Gasteiger partial charge is 0.198 e. The van der Waals surface area contributed by atoms with E-state index in [-0.39, 0.29) is 4.21 Å². The molecule has 0 atom stereocenters. The monoisotopic (exact) mass is 429 g/mol. The molecule has 26 heavy (non-hydrogen) atoms. The molecule has 3 rings (SSSR count). The summed E-state index contributed by atoms with van der Waals surface area (Å²) in [5.74, 6) is 0.834. The summed E-state index contributed by atoms with van der Waals surface area (Å²) >= 11 is 4.13. The summed E-state index contributed by atoms with van der Waals surface area (Å²) in [4.78, 5) is 7.42. The molecule has 0 radical (unpaired) electrons. The summed E-state index contributed by atoms with van der Waals surface area (Å²) in [7, 11) is 0.849. The molecule has 0 spiro atoms. The van der Waals surface area contributed by atoms with Crippen LogP contribution in [0.25, 0.3) is 10.7 Å². The van der Waals surface area contributed by atoms with Crippen molar-refractivity contribution < 1.29 is 8.42 Å². The van der Waals surface area contributed by atoms with Gasteiger partial charge < -0.3 is 9.47 Å². The van der Waals surface area contributed by atoms with Gasteiger partial charge in [-0.15, -0.1) is 21.5 Å². The minimum absolute atomic E-state index is 0.261. The van der Waals surface area contributed by atoms with Gasteiger partial charge in [0.1, 0.15) is 4.21 Å². The minimum atomic E-state index is -3.24. The third-order valence-electron chi connectivity index (χ3n) is 3.45. The molecule has 3 heterocycles. The van der Waals surface area contributed by atoms with Crippen molar-refractivity contribution in [2.75, 3.05) is 26.9 Å². The Morgan fingerprint density at radius 1 is 1.31 bits per heavy atom. The molecule has 3 aromatic heterocycles. The average Bonchev–Trinajstić information content (AvgIpc) is 3.27. The fourth-order valence-electron chi connectivity index (χ4n) is 2.24. The van der Waals surface area contributed by atoms with Gasteiger partial charge in [0.2, 0.25) is 0 Å². The van der Waals surface area contributed by atoms with E-state index in [0.717, 1.165) is 46.7 Å². The van der Waals surface area contributed by atoms with E-state index in [2.05, 4.69) is 24.6 Å². The van der Waals surface area contributed by atoms with Crippen molar-refractivity contribution in [1.82, 2.24) is 24.6 Å². The largest absolute Gasteiger partial charge is 0.309 e. The maximum absolute atomic E-state index is 11.7. The number of thiazole rings is 1. The van der Waals surface area contributed by atoms with Gasteiger partial charge in [-0.1, -0.05) is 17.4 Å². The van der Waals surface area contributed by atoms with Gasteiger partial charge in [0.15, 0.2) is 25.2 Å². The summed E-state index contributed by atoms with van der Waals surface area (Å²) in [6.45, 7) is 1.74. The van der Waals surface area contributed by atoms with Gasteiger partial charge in [-0.25, -0.2) is 13.4 Å². The lowest BCUT2D eigenvalue weighted by Gasteiger charge is -2.12. The van der Waals surface area contributed by atoms with Crippen molar-refractivity contribution in [3.8, 4) is 10.7 Å². The second-order valence-electron chi connectivity index (χ2n) is 5.91. The Morgan fingerprint density at radius 3 is 2.73 bits per heavy atom. The zero-order chi connectivity index (χ0) is 18.7. The van der Waals surface area contributed by atoms with E-state index in [4.69, 9.17) is 0 Å². The van der Waals surface area contributed by atoms with Crippen molar-refractivity contribution in [1.29, 1.82) is 0 Å². The third kappa shape index (κ3) is 4.71. The first-order valence-electron chi connectivity index (χ1n) is 7.80. The molecule has 0 saturated carbocycles. The minimum Gasteiger partial charge on any atom is -0.309 e. The van der Waals surface area contributed by atoms with Gasteiger partial charge in [0.05, 0.1) is 11.1 Å². The molecular formula is C15H19N5O2S4. The van der Waals surface area contributed by atoms with E-state index in [9.17, 15) is 8.42 Å². The summed E-state index contributed by atoms with van der Waals surface area (Å²) in [6, 6.07) is 4.02.